The fraction of sp³-hybridized carbons (Fsp3) is 0.417. The highest BCUT2D eigenvalue weighted by Gasteiger charge is 2.19. The van der Waals surface area contributed by atoms with Crippen molar-refractivity contribution in [3.05, 3.63) is 27.7 Å². The lowest BCUT2D eigenvalue weighted by atomic mass is 10.1. The summed E-state index contributed by atoms with van der Waals surface area (Å²) in [5.41, 5.74) is 1.23. The van der Waals surface area contributed by atoms with E-state index in [0.29, 0.717) is 22.6 Å². The van der Waals surface area contributed by atoms with Crippen LogP contribution in [0.15, 0.2) is 11.0 Å². The molecule has 2 aromatic rings. The van der Waals surface area contributed by atoms with Crippen LogP contribution in [0.25, 0.3) is 5.65 Å². The van der Waals surface area contributed by atoms with Gasteiger partial charge in [0.1, 0.15) is 17.5 Å². The Kier molecular flexibility index (Phi) is 2.83. The molecule has 6 nitrogen and oxygen atoms in total. The summed E-state index contributed by atoms with van der Waals surface area (Å²) in [5.74, 6) is 0.680. The van der Waals surface area contributed by atoms with Crippen molar-refractivity contribution in [2.75, 3.05) is 19.0 Å². The van der Waals surface area contributed by atoms with Crippen LogP contribution in [0.1, 0.15) is 30.9 Å². The van der Waals surface area contributed by atoms with E-state index in [1.54, 1.807) is 4.90 Å². The van der Waals surface area contributed by atoms with Crippen LogP contribution in [-0.4, -0.2) is 28.7 Å². The fourth-order valence-corrected chi connectivity index (χ4v) is 1.95. The molecule has 0 saturated carbocycles. The van der Waals surface area contributed by atoms with Gasteiger partial charge in [0, 0.05) is 20.3 Å². The monoisotopic (exact) mass is 245 g/mol. The Morgan fingerprint density at radius 1 is 1.50 bits per heavy atom. The van der Waals surface area contributed by atoms with Gasteiger partial charge >= 0.3 is 0 Å². The van der Waals surface area contributed by atoms with Gasteiger partial charge in [0.15, 0.2) is 5.65 Å². The van der Waals surface area contributed by atoms with Gasteiger partial charge in [-0.2, -0.15) is 9.78 Å². The van der Waals surface area contributed by atoms with E-state index in [4.69, 9.17) is 5.26 Å². The Labute approximate surface area is 104 Å². The molecule has 18 heavy (non-hydrogen) atoms. The first-order valence-corrected chi connectivity index (χ1v) is 5.68. The first kappa shape index (κ1) is 12.2. The molecule has 0 bridgehead atoms. The molecule has 0 saturated heterocycles. The zero-order valence-electron chi connectivity index (χ0n) is 10.9. The SMILES string of the molecule is CC(C)c1c(N(C)C)nc2c(C#N)c[nH]n2c1=O. The highest BCUT2D eigenvalue weighted by Crippen LogP contribution is 2.22. The van der Waals surface area contributed by atoms with Gasteiger partial charge in [-0.1, -0.05) is 13.8 Å². The minimum absolute atomic E-state index is 0.0631. The lowest BCUT2D eigenvalue weighted by molar-refractivity contribution is 0.786. The second kappa shape index (κ2) is 4.18. The van der Waals surface area contributed by atoms with Gasteiger partial charge in [0.05, 0.1) is 5.56 Å². The molecule has 0 atom stereocenters. The van der Waals surface area contributed by atoms with Crippen molar-refractivity contribution in [3.8, 4) is 6.07 Å². The molecule has 0 amide bonds. The zero-order valence-corrected chi connectivity index (χ0v) is 10.9. The predicted molar refractivity (Wildman–Crippen MR) is 68.9 cm³/mol. The fourth-order valence-electron chi connectivity index (χ4n) is 1.95. The Morgan fingerprint density at radius 2 is 2.17 bits per heavy atom. The largest absolute Gasteiger partial charge is 0.362 e. The number of H-pyrrole nitrogens is 1. The lowest BCUT2D eigenvalue weighted by Gasteiger charge is -2.17. The zero-order chi connectivity index (χ0) is 13.4. The molecule has 0 aromatic carbocycles. The van der Waals surface area contributed by atoms with E-state index in [-0.39, 0.29) is 11.5 Å². The molecule has 2 heterocycles. The van der Waals surface area contributed by atoms with Gasteiger partial charge in [-0.25, -0.2) is 4.98 Å². The summed E-state index contributed by atoms with van der Waals surface area (Å²) in [6.07, 6.45) is 1.49. The molecule has 94 valence electrons. The lowest BCUT2D eigenvalue weighted by Crippen LogP contribution is -2.26. The highest BCUT2D eigenvalue weighted by atomic mass is 16.1. The molecule has 1 N–H and O–H groups in total. The van der Waals surface area contributed by atoms with Crippen molar-refractivity contribution in [2.45, 2.75) is 19.8 Å². The summed E-state index contributed by atoms with van der Waals surface area (Å²) in [5, 5.41) is 11.8. The number of nitrogens with one attached hydrogen (secondary N) is 1. The van der Waals surface area contributed by atoms with E-state index >= 15 is 0 Å². The summed E-state index contributed by atoms with van der Waals surface area (Å²) < 4.78 is 1.32. The van der Waals surface area contributed by atoms with E-state index < -0.39 is 0 Å². The van der Waals surface area contributed by atoms with Crippen molar-refractivity contribution >= 4 is 11.5 Å². The Bertz CT molecular complexity index is 687. The van der Waals surface area contributed by atoms with E-state index in [0.717, 1.165) is 0 Å². The number of hydrogen-bond acceptors (Lipinski definition) is 4. The maximum Gasteiger partial charge on any atom is 0.278 e. The minimum Gasteiger partial charge on any atom is -0.362 e. The van der Waals surface area contributed by atoms with E-state index in [9.17, 15) is 4.79 Å². The number of fused-ring (bicyclic) bond motifs is 1. The van der Waals surface area contributed by atoms with Gasteiger partial charge in [-0.15, -0.1) is 0 Å². The second-order valence-electron chi connectivity index (χ2n) is 4.66. The van der Waals surface area contributed by atoms with Gasteiger partial charge in [0.25, 0.3) is 5.56 Å². The van der Waals surface area contributed by atoms with Crippen molar-refractivity contribution < 1.29 is 0 Å². The number of nitrogens with zero attached hydrogens (tertiary/aromatic N) is 4. The molecule has 0 aliphatic heterocycles. The van der Waals surface area contributed by atoms with Crippen molar-refractivity contribution in [3.63, 3.8) is 0 Å². The maximum absolute atomic E-state index is 12.4. The average Bonchev–Trinajstić information content (AvgIpc) is 2.71. The molecule has 0 radical (unpaired) electrons. The third-order valence-electron chi connectivity index (χ3n) is 2.80. The van der Waals surface area contributed by atoms with Gasteiger partial charge < -0.3 is 4.90 Å². The summed E-state index contributed by atoms with van der Waals surface area (Å²) in [6, 6.07) is 2.02. The van der Waals surface area contributed by atoms with E-state index in [1.807, 2.05) is 34.0 Å². The first-order chi connectivity index (χ1) is 8.47. The molecule has 0 fully saturated rings. The third-order valence-corrected chi connectivity index (χ3v) is 2.80. The van der Waals surface area contributed by atoms with Crippen molar-refractivity contribution in [2.24, 2.45) is 0 Å². The van der Waals surface area contributed by atoms with Crippen LogP contribution in [0.4, 0.5) is 5.82 Å². The van der Waals surface area contributed by atoms with Crippen LogP contribution in [0.5, 0.6) is 0 Å². The van der Waals surface area contributed by atoms with Crippen LogP contribution >= 0.6 is 0 Å². The van der Waals surface area contributed by atoms with Crippen LogP contribution in [0.2, 0.25) is 0 Å². The minimum atomic E-state index is -0.153. The number of anilines is 1. The van der Waals surface area contributed by atoms with E-state index in [1.165, 1.54) is 10.7 Å². The molecule has 6 heteroatoms. The summed E-state index contributed by atoms with van der Waals surface area (Å²) in [6.45, 7) is 3.90. The number of aromatic nitrogens is 3. The Balaban J connectivity index is 2.93. The molecule has 0 aliphatic rings. The van der Waals surface area contributed by atoms with Crippen molar-refractivity contribution in [1.82, 2.24) is 14.6 Å². The molecule has 0 aliphatic carbocycles. The smallest absolute Gasteiger partial charge is 0.278 e. The normalized spacial score (nSPS) is 10.9. The molecule has 0 spiro atoms. The number of nitriles is 1. The van der Waals surface area contributed by atoms with Crippen molar-refractivity contribution in [1.29, 1.82) is 5.26 Å². The predicted octanol–water partition coefficient (Wildman–Crippen LogP) is 1.08. The van der Waals surface area contributed by atoms with E-state index in [2.05, 4.69) is 10.1 Å². The molecule has 2 rings (SSSR count). The van der Waals surface area contributed by atoms with Crippen LogP contribution in [0, 0.1) is 11.3 Å². The number of aromatic amines is 1. The average molecular weight is 245 g/mol. The molecular formula is C12H15N5O. The quantitative estimate of drug-likeness (QED) is 0.859. The van der Waals surface area contributed by atoms with Gasteiger partial charge in [-0.05, 0) is 5.92 Å². The van der Waals surface area contributed by atoms with Gasteiger partial charge in [-0.3, -0.25) is 9.89 Å². The Hall–Kier alpha value is -2.29. The number of rotatable bonds is 2. The highest BCUT2D eigenvalue weighted by molar-refractivity contribution is 5.60. The Morgan fingerprint density at radius 3 is 2.67 bits per heavy atom. The topological polar surface area (TPSA) is 77.2 Å². The van der Waals surface area contributed by atoms with Crippen LogP contribution in [-0.2, 0) is 0 Å². The standard InChI is InChI=1S/C12H15N5O/c1-7(2)9-11(16(3)4)15-10-8(5-13)6-14-17(10)12(9)18/h6-7,14H,1-4H3. The first-order valence-electron chi connectivity index (χ1n) is 5.68. The molecule has 2 aromatic heterocycles. The van der Waals surface area contributed by atoms with Gasteiger partial charge in [0.2, 0.25) is 0 Å². The summed E-state index contributed by atoms with van der Waals surface area (Å²) in [7, 11) is 3.67. The summed E-state index contributed by atoms with van der Waals surface area (Å²) in [4.78, 5) is 18.6. The van der Waals surface area contributed by atoms with Crippen LogP contribution in [0.3, 0.4) is 0 Å². The molecular weight excluding hydrogens is 230 g/mol. The molecule has 0 unspecified atom stereocenters. The van der Waals surface area contributed by atoms with Crippen LogP contribution < -0.4 is 10.5 Å². The summed E-state index contributed by atoms with van der Waals surface area (Å²) >= 11 is 0. The second-order valence-corrected chi connectivity index (χ2v) is 4.66. The number of hydrogen-bond donors (Lipinski definition) is 1. The third kappa shape index (κ3) is 1.64. The maximum atomic E-state index is 12.4.